The summed E-state index contributed by atoms with van der Waals surface area (Å²) in [4.78, 5) is 24.7. The van der Waals surface area contributed by atoms with Crippen LogP contribution in [-0.2, 0) is 4.79 Å². The van der Waals surface area contributed by atoms with Crippen molar-refractivity contribution in [3.05, 3.63) is 41.7 Å². The topological polar surface area (TPSA) is 83.6 Å². The highest BCUT2D eigenvalue weighted by molar-refractivity contribution is 5.96. The Morgan fingerprint density at radius 3 is 2.36 bits per heavy atom. The van der Waals surface area contributed by atoms with Gasteiger partial charge in [0.25, 0.3) is 5.91 Å². The fourth-order valence-electron chi connectivity index (χ4n) is 1.80. The first-order valence-electron chi connectivity index (χ1n) is 6.79. The Balaban J connectivity index is 2.26. The summed E-state index contributed by atoms with van der Waals surface area (Å²) in [7, 11) is 1.42. The number of aryl methyl sites for hydroxylation is 1. The normalized spacial score (nSPS) is 11.3. The van der Waals surface area contributed by atoms with Crippen LogP contribution in [0.4, 0.5) is 0 Å². The van der Waals surface area contributed by atoms with Crippen molar-refractivity contribution in [2.24, 2.45) is 0 Å². The zero-order valence-electron chi connectivity index (χ0n) is 13.0. The van der Waals surface area contributed by atoms with Crippen LogP contribution in [-0.4, -0.2) is 39.6 Å². The summed E-state index contributed by atoms with van der Waals surface area (Å²) in [5.41, 5.74) is 1.14. The SMILES string of the molecule is Cc1ccc(-c2cc(C(=O)N(C)C(C)(C)C(=O)O)on2)cc1. The summed E-state index contributed by atoms with van der Waals surface area (Å²) in [5.74, 6) is -1.62. The van der Waals surface area contributed by atoms with Crippen molar-refractivity contribution in [3.8, 4) is 11.3 Å². The van der Waals surface area contributed by atoms with Crippen LogP contribution >= 0.6 is 0 Å². The van der Waals surface area contributed by atoms with Gasteiger partial charge in [0.1, 0.15) is 11.2 Å². The molecule has 0 aliphatic rings. The molecule has 0 atom stereocenters. The number of amides is 1. The molecule has 0 aliphatic heterocycles. The average molecular weight is 302 g/mol. The summed E-state index contributed by atoms with van der Waals surface area (Å²) >= 11 is 0. The van der Waals surface area contributed by atoms with Crippen molar-refractivity contribution >= 4 is 11.9 Å². The number of likely N-dealkylation sites (N-methyl/N-ethyl adjacent to an activating group) is 1. The molecular formula is C16H18N2O4. The molecule has 1 aromatic carbocycles. The quantitative estimate of drug-likeness (QED) is 0.938. The van der Waals surface area contributed by atoms with E-state index in [1.165, 1.54) is 27.0 Å². The number of carboxylic acid groups (broad SMARTS) is 1. The van der Waals surface area contributed by atoms with Crippen molar-refractivity contribution in [2.45, 2.75) is 26.3 Å². The number of carbonyl (C=O) groups excluding carboxylic acids is 1. The van der Waals surface area contributed by atoms with Crippen LogP contribution in [0.2, 0.25) is 0 Å². The van der Waals surface area contributed by atoms with Gasteiger partial charge in [-0.05, 0) is 20.8 Å². The monoisotopic (exact) mass is 302 g/mol. The van der Waals surface area contributed by atoms with E-state index in [0.29, 0.717) is 5.69 Å². The molecule has 0 unspecified atom stereocenters. The second kappa shape index (κ2) is 5.63. The molecule has 22 heavy (non-hydrogen) atoms. The molecule has 1 aromatic heterocycles. The van der Waals surface area contributed by atoms with E-state index in [4.69, 9.17) is 4.52 Å². The first-order valence-corrected chi connectivity index (χ1v) is 6.79. The lowest BCUT2D eigenvalue weighted by Crippen LogP contribution is -2.50. The minimum absolute atomic E-state index is 0.00685. The maximum Gasteiger partial charge on any atom is 0.329 e. The largest absolute Gasteiger partial charge is 0.480 e. The number of nitrogens with zero attached hydrogens (tertiary/aromatic N) is 2. The molecular weight excluding hydrogens is 284 g/mol. The first kappa shape index (κ1) is 15.8. The van der Waals surface area contributed by atoms with E-state index in [9.17, 15) is 14.7 Å². The van der Waals surface area contributed by atoms with Gasteiger partial charge < -0.3 is 14.5 Å². The molecule has 2 rings (SSSR count). The third-order valence-electron chi connectivity index (χ3n) is 3.73. The van der Waals surface area contributed by atoms with Crippen molar-refractivity contribution in [3.63, 3.8) is 0 Å². The number of benzene rings is 1. The molecule has 0 spiro atoms. The third-order valence-corrected chi connectivity index (χ3v) is 3.73. The Labute approximate surface area is 128 Å². The van der Waals surface area contributed by atoms with E-state index in [-0.39, 0.29) is 5.76 Å². The maximum atomic E-state index is 12.3. The fraction of sp³-hybridized carbons (Fsp3) is 0.312. The van der Waals surface area contributed by atoms with Crippen LogP contribution in [0.5, 0.6) is 0 Å². The third kappa shape index (κ3) is 2.86. The van der Waals surface area contributed by atoms with E-state index in [2.05, 4.69) is 5.16 Å². The molecule has 2 aromatic rings. The number of aromatic nitrogens is 1. The summed E-state index contributed by atoms with van der Waals surface area (Å²) in [6, 6.07) is 9.15. The molecule has 6 heteroatoms. The molecule has 1 N–H and O–H groups in total. The Morgan fingerprint density at radius 2 is 1.82 bits per heavy atom. The highest BCUT2D eigenvalue weighted by atomic mass is 16.5. The zero-order valence-corrected chi connectivity index (χ0v) is 13.0. The van der Waals surface area contributed by atoms with Crippen LogP contribution in [0, 0.1) is 6.92 Å². The van der Waals surface area contributed by atoms with Crippen LogP contribution < -0.4 is 0 Å². The highest BCUT2D eigenvalue weighted by Crippen LogP contribution is 2.22. The molecule has 1 amide bonds. The van der Waals surface area contributed by atoms with Crippen molar-refractivity contribution in [1.82, 2.24) is 10.1 Å². The second-order valence-electron chi connectivity index (χ2n) is 5.67. The molecule has 0 radical (unpaired) electrons. The van der Waals surface area contributed by atoms with Crippen LogP contribution in [0.25, 0.3) is 11.3 Å². The number of aliphatic carboxylic acids is 1. The fourth-order valence-corrected chi connectivity index (χ4v) is 1.80. The zero-order chi connectivity index (χ0) is 16.5. The molecule has 0 fully saturated rings. The van der Waals surface area contributed by atoms with Gasteiger partial charge in [-0.25, -0.2) is 4.79 Å². The van der Waals surface area contributed by atoms with Crippen LogP contribution in [0.15, 0.2) is 34.9 Å². The molecule has 0 aliphatic carbocycles. The average Bonchev–Trinajstić information content (AvgIpc) is 2.96. The van der Waals surface area contributed by atoms with Gasteiger partial charge in [0, 0.05) is 18.7 Å². The lowest BCUT2D eigenvalue weighted by atomic mass is 10.0. The minimum atomic E-state index is -1.34. The maximum absolute atomic E-state index is 12.3. The van der Waals surface area contributed by atoms with E-state index >= 15 is 0 Å². The highest BCUT2D eigenvalue weighted by Gasteiger charge is 2.37. The van der Waals surface area contributed by atoms with Gasteiger partial charge >= 0.3 is 5.97 Å². The van der Waals surface area contributed by atoms with Crippen molar-refractivity contribution in [1.29, 1.82) is 0 Å². The molecule has 1 heterocycles. The Bertz CT molecular complexity index is 701. The Hall–Kier alpha value is -2.63. The smallest absolute Gasteiger partial charge is 0.329 e. The van der Waals surface area contributed by atoms with E-state index in [0.717, 1.165) is 16.0 Å². The molecule has 6 nitrogen and oxygen atoms in total. The molecule has 0 saturated heterocycles. The Morgan fingerprint density at radius 1 is 1.23 bits per heavy atom. The van der Waals surface area contributed by atoms with Gasteiger partial charge in [0.15, 0.2) is 0 Å². The van der Waals surface area contributed by atoms with Crippen LogP contribution in [0.1, 0.15) is 30.0 Å². The summed E-state index contributed by atoms with van der Waals surface area (Å²) < 4.78 is 5.07. The van der Waals surface area contributed by atoms with E-state index < -0.39 is 17.4 Å². The first-order chi connectivity index (χ1) is 10.2. The van der Waals surface area contributed by atoms with Gasteiger partial charge in [0.2, 0.25) is 5.76 Å². The van der Waals surface area contributed by atoms with Gasteiger partial charge in [-0.2, -0.15) is 0 Å². The summed E-state index contributed by atoms with van der Waals surface area (Å²) in [6.07, 6.45) is 0. The number of carboxylic acids is 1. The molecule has 116 valence electrons. The van der Waals surface area contributed by atoms with Crippen molar-refractivity contribution in [2.75, 3.05) is 7.05 Å². The van der Waals surface area contributed by atoms with Gasteiger partial charge in [-0.3, -0.25) is 4.79 Å². The lowest BCUT2D eigenvalue weighted by molar-refractivity contribution is -0.147. The number of carbonyl (C=O) groups is 2. The summed E-state index contributed by atoms with van der Waals surface area (Å²) in [5, 5.41) is 13.1. The molecule has 0 bridgehead atoms. The van der Waals surface area contributed by atoms with E-state index in [1.54, 1.807) is 0 Å². The minimum Gasteiger partial charge on any atom is -0.480 e. The number of hydrogen-bond acceptors (Lipinski definition) is 4. The van der Waals surface area contributed by atoms with Crippen LogP contribution in [0.3, 0.4) is 0 Å². The van der Waals surface area contributed by atoms with Crippen molar-refractivity contribution < 1.29 is 19.2 Å². The molecule has 0 saturated carbocycles. The standard InChI is InChI=1S/C16H18N2O4/c1-10-5-7-11(8-6-10)12-9-13(22-17-12)14(19)18(4)16(2,3)15(20)21/h5-9H,1-4H3,(H,20,21). The summed E-state index contributed by atoms with van der Waals surface area (Å²) in [6.45, 7) is 4.87. The number of hydrogen-bond donors (Lipinski definition) is 1. The number of rotatable bonds is 4. The van der Waals surface area contributed by atoms with Gasteiger partial charge in [0.05, 0.1) is 0 Å². The van der Waals surface area contributed by atoms with Gasteiger partial charge in [-0.1, -0.05) is 35.0 Å². The lowest BCUT2D eigenvalue weighted by Gasteiger charge is -2.30. The predicted molar refractivity (Wildman–Crippen MR) is 80.5 cm³/mol. The predicted octanol–water partition coefficient (Wildman–Crippen LogP) is 2.59. The van der Waals surface area contributed by atoms with E-state index in [1.807, 2.05) is 31.2 Å². The second-order valence-corrected chi connectivity index (χ2v) is 5.67. The Kier molecular flexibility index (Phi) is 4.03. The van der Waals surface area contributed by atoms with Gasteiger partial charge in [-0.15, -0.1) is 0 Å².